The quantitative estimate of drug-likeness (QED) is 0.148. The SMILES string of the molecule is COCOc1cccc(OCOC)c1[C@@H](O)c1c(OC)ccc(OC)c1-c1c(OC)cc2c(c1OC)C(=O)c1c(OC)cc(C)cc1C2=O. The lowest BCUT2D eigenvalue weighted by Gasteiger charge is -2.28. The molecule has 0 unspecified atom stereocenters. The van der Waals surface area contributed by atoms with Crippen LogP contribution >= 0.6 is 0 Å². The second kappa shape index (κ2) is 14.9. The van der Waals surface area contributed by atoms with E-state index in [1.54, 1.807) is 42.5 Å². The lowest BCUT2D eigenvalue weighted by Crippen LogP contribution is -2.23. The summed E-state index contributed by atoms with van der Waals surface area (Å²) in [5.41, 5.74) is 2.04. The van der Waals surface area contributed by atoms with E-state index >= 15 is 0 Å². The van der Waals surface area contributed by atoms with E-state index in [1.165, 1.54) is 55.8 Å². The van der Waals surface area contributed by atoms with Crippen molar-refractivity contribution in [3.8, 4) is 51.4 Å². The molecule has 5 rings (SSSR count). The summed E-state index contributed by atoms with van der Waals surface area (Å²) in [7, 11) is 10.1. The Kier molecular flexibility index (Phi) is 10.6. The van der Waals surface area contributed by atoms with E-state index in [-0.39, 0.29) is 98.3 Å². The molecule has 0 spiro atoms. The highest BCUT2D eigenvalue weighted by molar-refractivity contribution is 6.31. The molecule has 12 nitrogen and oxygen atoms in total. The van der Waals surface area contributed by atoms with Crippen molar-refractivity contribution in [3.05, 3.63) is 87.5 Å². The predicted molar refractivity (Wildman–Crippen MR) is 178 cm³/mol. The fourth-order valence-corrected chi connectivity index (χ4v) is 6.13. The summed E-state index contributed by atoms with van der Waals surface area (Å²) < 4.78 is 51.1. The van der Waals surface area contributed by atoms with Crippen molar-refractivity contribution in [1.29, 1.82) is 0 Å². The van der Waals surface area contributed by atoms with Gasteiger partial charge in [-0.3, -0.25) is 9.59 Å². The molecule has 0 heterocycles. The minimum atomic E-state index is -1.51. The van der Waals surface area contributed by atoms with Gasteiger partial charge in [-0.2, -0.15) is 0 Å². The van der Waals surface area contributed by atoms with Gasteiger partial charge in [-0.15, -0.1) is 0 Å². The molecule has 0 saturated carbocycles. The number of aliphatic hydroxyl groups is 1. The van der Waals surface area contributed by atoms with Crippen molar-refractivity contribution < 1.29 is 57.3 Å². The maximum absolute atomic E-state index is 14.4. The predicted octanol–water partition coefficient (Wildman–Crippen LogP) is 5.53. The molecule has 0 amide bonds. The highest BCUT2D eigenvalue weighted by atomic mass is 16.7. The first-order chi connectivity index (χ1) is 23.7. The van der Waals surface area contributed by atoms with Gasteiger partial charge in [-0.05, 0) is 55.0 Å². The number of rotatable bonds is 14. The Bertz CT molecular complexity index is 1870. The first-order valence-corrected chi connectivity index (χ1v) is 15.1. The lowest BCUT2D eigenvalue weighted by atomic mass is 9.79. The summed E-state index contributed by atoms with van der Waals surface area (Å²) in [5.74, 6) is 0.561. The van der Waals surface area contributed by atoms with E-state index in [9.17, 15) is 14.7 Å². The van der Waals surface area contributed by atoms with Crippen molar-refractivity contribution in [3.63, 3.8) is 0 Å². The number of fused-ring (bicyclic) bond motifs is 2. The minimum absolute atomic E-state index is 0.00351. The molecule has 0 fully saturated rings. The van der Waals surface area contributed by atoms with Crippen LogP contribution in [0.3, 0.4) is 0 Å². The van der Waals surface area contributed by atoms with Crippen LogP contribution in [-0.2, 0) is 9.47 Å². The van der Waals surface area contributed by atoms with E-state index in [1.807, 2.05) is 6.92 Å². The van der Waals surface area contributed by atoms with Crippen LogP contribution in [0.1, 0.15) is 54.6 Å². The van der Waals surface area contributed by atoms with E-state index < -0.39 is 17.7 Å². The van der Waals surface area contributed by atoms with E-state index in [2.05, 4.69) is 0 Å². The summed E-state index contributed by atoms with van der Waals surface area (Å²) >= 11 is 0. The maximum atomic E-state index is 14.4. The normalized spacial score (nSPS) is 12.5. The van der Waals surface area contributed by atoms with Gasteiger partial charge in [0, 0.05) is 36.5 Å². The van der Waals surface area contributed by atoms with Crippen LogP contribution in [0.4, 0.5) is 0 Å². The number of aryl methyl sites for hydroxylation is 1. The van der Waals surface area contributed by atoms with Crippen molar-refractivity contribution >= 4 is 11.6 Å². The van der Waals surface area contributed by atoms with Crippen LogP contribution in [0.5, 0.6) is 40.2 Å². The van der Waals surface area contributed by atoms with Crippen LogP contribution in [0, 0.1) is 6.92 Å². The molecule has 258 valence electrons. The zero-order valence-corrected chi connectivity index (χ0v) is 28.5. The number of ketones is 2. The van der Waals surface area contributed by atoms with Gasteiger partial charge in [-0.25, -0.2) is 0 Å². The largest absolute Gasteiger partial charge is 0.496 e. The molecule has 0 radical (unpaired) electrons. The Balaban J connectivity index is 1.88. The van der Waals surface area contributed by atoms with Gasteiger partial charge in [-0.1, -0.05) is 6.07 Å². The summed E-state index contributed by atoms with van der Waals surface area (Å²) in [5, 5.41) is 12.4. The number of ether oxygens (including phenoxy) is 9. The number of carbonyl (C=O) groups is 2. The Morgan fingerprint density at radius 2 is 1.10 bits per heavy atom. The molecule has 4 aromatic rings. The number of hydrogen-bond donors (Lipinski definition) is 1. The maximum Gasteiger partial charge on any atom is 0.202 e. The molecule has 0 saturated heterocycles. The van der Waals surface area contributed by atoms with Crippen molar-refractivity contribution in [2.75, 3.05) is 63.4 Å². The van der Waals surface area contributed by atoms with Gasteiger partial charge in [0.05, 0.1) is 57.8 Å². The van der Waals surface area contributed by atoms with Crippen LogP contribution in [0.15, 0.2) is 48.5 Å². The number of benzene rings is 4. The molecule has 12 heteroatoms. The number of methoxy groups -OCH3 is 7. The minimum Gasteiger partial charge on any atom is -0.496 e. The van der Waals surface area contributed by atoms with Crippen LogP contribution in [0.25, 0.3) is 11.1 Å². The monoisotopic (exact) mass is 674 g/mol. The smallest absolute Gasteiger partial charge is 0.202 e. The fraction of sp³-hybridized carbons (Fsp3) is 0.297. The third-order valence-corrected chi connectivity index (χ3v) is 8.17. The summed E-state index contributed by atoms with van der Waals surface area (Å²) in [6.45, 7) is 1.57. The van der Waals surface area contributed by atoms with Gasteiger partial charge in [0.2, 0.25) is 5.78 Å². The molecule has 0 aromatic heterocycles. The van der Waals surface area contributed by atoms with E-state index in [0.29, 0.717) is 0 Å². The van der Waals surface area contributed by atoms with Gasteiger partial charge in [0.25, 0.3) is 0 Å². The highest BCUT2D eigenvalue weighted by Crippen LogP contribution is 2.54. The average Bonchev–Trinajstić information content (AvgIpc) is 3.12. The topological polar surface area (TPSA) is 137 Å². The first-order valence-electron chi connectivity index (χ1n) is 15.1. The van der Waals surface area contributed by atoms with Crippen LogP contribution in [0.2, 0.25) is 0 Å². The molecular formula is C37H38O12. The van der Waals surface area contributed by atoms with Crippen LogP contribution in [-0.4, -0.2) is 80.0 Å². The standard InChI is InChI=1S/C37H38O12/c1-19-14-20-28(26(15-19)45-6)35(39)29-21(34(20)38)16-27(46-7)33(37(29)47-8)31-22(43-4)12-13-23(44-5)32(31)36(40)30-24(48-17-41-2)10-9-11-25(30)49-18-42-3/h9-16,36,40H,17-18H2,1-8H3/t36-/m1/s1. The molecule has 4 aromatic carbocycles. The zero-order valence-electron chi connectivity index (χ0n) is 28.5. The Labute approximate surface area is 283 Å². The third kappa shape index (κ3) is 6.10. The van der Waals surface area contributed by atoms with Gasteiger partial charge < -0.3 is 47.7 Å². The second-order valence-electron chi connectivity index (χ2n) is 10.9. The first kappa shape index (κ1) is 35.0. The van der Waals surface area contributed by atoms with Crippen molar-refractivity contribution in [2.24, 2.45) is 0 Å². The van der Waals surface area contributed by atoms with Gasteiger partial charge in [0.15, 0.2) is 19.4 Å². The van der Waals surface area contributed by atoms with Gasteiger partial charge >= 0.3 is 0 Å². The average molecular weight is 675 g/mol. The Morgan fingerprint density at radius 3 is 1.65 bits per heavy atom. The molecule has 0 aliphatic heterocycles. The number of aliphatic hydroxyl groups excluding tert-OH is 1. The molecule has 0 bridgehead atoms. The van der Waals surface area contributed by atoms with Gasteiger partial charge in [0.1, 0.15) is 46.4 Å². The summed E-state index contributed by atoms with van der Waals surface area (Å²) in [6.07, 6.45) is -1.51. The van der Waals surface area contributed by atoms with E-state index in [4.69, 9.17) is 42.6 Å². The van der Waals surface area contributed by atoms with Crippen molar-refractivity contribution in [2.45, 2.75) is 13.0 Å². The van der Waals surface area contributed by atoms with E-state index in [0.717, 1.165) is 5.56 Å². The zero-order chi connectivity index (χ0) is 35.4. The molecular weight excluding hydrogens is 636 g/mol. The summed E-state index contributed by atoms with van der Waals surface area (Å²) in [4.78, 5) is 28.4. The highest BCUT2D eigenvalue weighted by Gasteiger charge is 2.40. The molecule has 49 heavy (non-hydrogen) atoms. The molecule has 1 aliphatic carbocycles. The second-order valence-corrected chi connectivity index (χ2v) is 10.9. The Hall–Kier alpha value is -5.30. The van der Waals surface area contributed by atoms with Crippen molar-refractivity contribution in [1.82, 2.24) is 0 Å². The molecule has 1 N–H and O–H groups in total. The Morgan fingerprint density at radius 1 is 0.551 bits per heavy atom. The summed E-state index contributed by atoms with van der Waals surface area (Å²) in [6, 6.07) is 13.1. The third-order valence-electron chi connectivity index (χ3n) is 8.17. The molecule has 1 atom stereocenters. The molecule has 1 aliphatic rings. The lowest BCUT2D eigenvalue weighted by molar-refractivity contribution is 0.0415. The fourth-order valence-electron chi connectivity index (χ4n) is 6.13. The van der Waals surface area contributed by atoms with Crippen LogP contribution < -0.4 is 33.2 Å². The number of hydrogen-bond acceptors (Lipinski definition) is 12. The number of carbonyl (C=O) groups excluding carboxylic acids is 2.